The van der Waals surface area contributed by atoms with Gasteiger partial charge in [-0.15, -0.1) is 10.2 Å². The Bertz CT molecular complexity index is 1080. The molecule has 1 heterocycles. The van der Waals surface area contributed by atoms with Crippen LogP contribution in [0.1, 0.15) is 5.56 Å². The molecular weight excluding hydrogens is 544 g/mol. The van der Waals surface area contributed by atoms with Gasteiger partial charge >= 0.3 is 0 Å². The van der Waals surface area contributed by atoms with E-state index in [2.05, 4.69) is 15.5 Å². The second-order valence-corrected chi connectivity index (χ2v) is 9.87. The molecule has 0 aliphatic rings. The molecule has 0 fully saturated rings. The van der Waals surface area contributed by atoms with Gasteiger partial charge in [-0.2, -0.15) is 0 Å². The number of halogens is 5. The fourth-order valence-corrected chi connectivity index (χ4v) is 5.02. The number of hydrogen-bond donors (Lipinski definition) is 1. The molecule has 12 heteroatoms. The molecule has 1 amide bonds. The minimum atomic E-state index is -0.481. The summed E-state index contributed by atoms with van der Waals surface area (Å²) >= 11 is 32.8. The number of carbonyl (C=O) groups is 1. The van der Waals surface area contributed by atoms with Crippen molar-refractivity contribution in [2.45, 2.75) is 4.34 Å². The van der Waals surface area contributed by atoms with E-state index in [-0.39, 0.29) is 30.9 Å². The Morgan fingerprint density at radius 2 is 1.65 bits per heavy atom. The van der Waals surface area contributed by atoms with Gasteiger partial charge in [-0.25, -0.2) is 0 Å². The lowest BCUT2D eigenvalue weighted by molar-refractivity contribution is -0.118. The van der Waals surface area contributed by atoms with Gasteiger partial charge in [-0.05, 0) is 5.56 Å². The maximum absolute atomic E-state index is 12.2. The topological polar surface area (TPSA) is 64.1 Å². The Hall–Kier alpha value is -1.19. The van der Waals surface area contributed by atoms with Crippen molar-refractivity contribution in [3.63, 3.8) is 0 Å². The van der Waals surface area contributed by atoms with Gasteiger partial charge in [0.25, 0.3) is 5.91 Å². The van der Waals surface area contributed by atoms with Gasteiger partial charge in [0.15, 0.2) is 16.7 Å². The third-order valence-electron chi connectivity index (χ3n) is 3.58. The van der Waals surface area contributed by atoms with Gasteiger partial charge in [0, 0.05) is 5.75 Å². The lowest BCUT2D eigenvalue weighted by Gasteiger charge is -2.13. The zero-order chi connectivity index (χ0) is 22.4. The molecule has 2 aromatic carbocycles. The van der Waals surface area contributed by atoms with Gasteiger partial charge < -0.3 is 4.74 Å². The van der Waals surface area contributed by atoms with Crippen LogP contribution < -0.4 is 10.1 Å². The summed E-state index contributed by atoms with van der Waals surface area (Å²) in [5, 5.41) is 10.8. The number of anilines is 1. The minimum Gasteiger partial charge on any atom is -0.481 e. The van der Waals surface area contributed by atoms with E-state index in [1.165, 1.54) is 23.1 Å². The highest BCUT2D eigenvalue weighted by molar-refractivity contribution is 8.01. The van der Waals surface area contributed by atoms with Crippen LogP contribution in [0.4, 0.5) is 5.13 Å². The average Bonchev–Trinajstić information content (AvgIpc) is 3.21. The first-order valence-electron chi connectivity index (χ1n) is 8.48. The lowest BCUT2D eigenvalue weighted by Crippen LogP contribution is -2.20. The maximum atomic E-state index is 12.2. The number of hydrogen-bond acceptors (Lipinski definition) is 6. The van der Waals surface area contributed by atoms with Crippen molar-refractivity contribution in [3.05, 3.63) is 67.1 Å². The van der Waals surface area contributed by atoms with Gasteiger partial charge in [-0.1, -0.05) is 124 Å². The first kappa shape index (κ1) is 24.5. The van der Waals surface area contributed by atoms with Gasteiger partial charge in [0.1, 0.15) is 10.0 Å². The molecule has 0 saturated carbocycles. The zero-order valence-electron chi connectivity index (χ0n) is 15.4. The van der Waals surface area contributed by atoms with Crippen LogP contribution >= 0.6 is 81.1 Å². The molecule has 0 aliphatic heterocycles. The van der Waals surface area contributed by atoms with Crippen molar-refractivity contribution < 1.29 is 9.53 Å². The van der Waals surface area contributed by atoms with E-state index in [0.29, 0.717) is 5.13 Å². The summed E-state index contributed by atoms with van der Waals surface area (Å²) in [6.45, 7) is -0.393. The number of thioether (sulfide) groups is 1. The second kappa shape index (κ2) is 11.6. The van der Waals surface area contributed by atoms with Crippen molar-refractivity contribution in [1.82, 2.24) is 10.2 Å². The number of nitrogens with one attached hydrogen (secondary N) is 1. The van der Waals surface area contributed by atoms with Crippen LogP contribution in [0.2, 0.25) is 25.1 Å². The molecule has 0 saturated heterocycles. The summed E-state index contributed by atoms with van der Waals surface area (Å²) in [6, 6.07) is 9.97. The van der Waals surface area contributed by atoms with E-state index in [9.17, 15) is 4.79 Å². The maximum Gasteiger partial charge on any atom is 0.264 e. The number of carbonyl (C=O) groups excluding carboxylic acids is 1. The highest BCUT2D eigenvalue weighted by Crippen LogP contribution is 2.48. The largest absolute Gasteiger partial charge is 0.481 e. The van der Waals surface area contributed by atoms with Crippen LogP contribution in [0.25, 0.3) is 6.08 Å². The number of rotatable bonds is 8. The zero-order valence-corrected chi connectivity index (χ0v) is 20.8. The van der Waals surface area contributed by atoms with Crippen molar-refractivity contribution in [2.24, 2.45) is 0 Å². The summed E-state index contributed by atoms with van der Waals surface area (Å²) < 4.78 is 6.10. The van der Waals surface area contributed by atoms with Gasteiger partial charge in [-0.3, -0.25) is 10.1 Å². The molecule has 1 aromatic heterocycles. The van der Waals surface area contributed by atoms with Crippen molar-refractivity contribution in [1.29, 1.82) is 0 Å². The van der Waals surface area contributed by atoms with E-state index >= 15 is 0 Å². The summed E-state index contributed by atoms with van der Waals surface area (Å²) in [6.07, 6.45) is 4.06. The quantitative estimate of drug-likeness (QED) is 0.134. The molecule has 0 bridgehead atoms. The molecule has 0 spiro atoms. The third-order valence-corrected chi connectivity index (χ3v) is 7.75. The third kappa shape index (κ3) is 6.65. The fourth-order valence-electron chi connectivity index (χ4n) is 2.19. The van der Waals surface area contributed by atoms with E-state index in [1.807, 2.05) is 42.5 Å². The van der Waals surface area contributed by atoms with Crippen LogP contribution in [-0.4, -0.2) is 28.5 Å². The summed E-state index contributed by atoms with van der Waals surface area (Å²) in [7, 11) is 0. The Kier molecular flexibility index (Phi) is 9.16. The minimum absolute atomic E-state index is 0.00707. The van der Waals surface area contributed by atoms with E-state index in [4.69, 9.17) is 62.7 Å². The van der Waals surface area contributed by atoms with E-state index in [0.717, 1.165) is 15.7 Å². The number of nitrogens with zero attached hydrogens (tertiary/aromatic N) is 2. The van der Waals surface area contributed by atoms with Crippen molar-refractivity contribution >= 4 is 98.2 Å². The molecule has 3 rings (SSSR count). The summed E-state index contributed by atoms with van der Waals surface area (Å²) in [5.74, 6) is 0.206. The highest BCUT2D eigenvalue weighted by atomic mass is 35.5. The van der Waals surface area contributed by atoms with Crippen LogP contribution in [0.15, 0.2) is 40.7 Å². The first-order valence-corrected chi connectivity index (χ1v) is 12.2. The van der Waals surface area contributed by atoms with Crippen molar-refractivity contribution in [2.75, 3.05) is 17.7 Å². The Balaban J connectivity index is 1.51. The predicted octanol–water partition coefficient (Wildman–Crippen LogP) is 7.63. The van der Waals surface area contributed by atoms with Gasteiger partial charge in [0.2, 0.25) is 5.13 Å². The SMILES string of the molecule is O=C(COc1c(Cl)c(Cl)c(Cl)c(Cl)c1Cl)Nc1nnc(SC/C=C/c2ccccc2)s1. The van der Waals surface area contributed by atoms with E-state index < -0.39 is 12.5 Å². The summed E-state index contributed by atoms with van der Waals surface area (Å²) in [4.78, 5) is 12.2. The molecule has 1 N–H and O–H groups in total. The van der Waals surface area contributed by atoms with Crippen LogP contribution in [0.3, 0.4) is 0 Å². The Morgan fingerprint density at radius 3 is 2.32 bits per heavy atom. The molecule has 0 atom stereocenters. The van der Waals surface area contributed by atoms with Crippen molar-refractivity contribution in [3.8, 4) is 5.75 Å². The van der Waals surface area contributed by atoms with Crippen LogP contribution in [0, 0.1) is 0 Å². The molecule has 0 unspecified atom stereocenters. The molecule has 162 valence electrons. The number of aromatic nitrogens is 2. The standard InChI is InChI=1S/C19H12Cl5N3O2S2/c20-12-13(21)15(23)17(16(24)14(12)22)29-9-11(28)25-18-26-27-19(31-18)30-8-4-7-10-5-2-1-3-6-10/h1-7H,8-9H2,(H,25,26,28)/b7-4+. The molecule has 0 radical (unpaired) electrons. The second-order valence-electron chi connectivity index (χ2n) is 5.73. The lowest BCUT2D eigenvalue weighted by atomic mass is 10.2. The molecular formula is C19H12Cl5N3O2S2. The Labute approximate surface area is 211 Å². The molecule has 3 aromatic rings. The smallest absolute Gasteiger partial charge is 0.264 e. The number of benzene rings is 2. The molecule has 5 nitrogen and oxygen atoms in total. The Morgan fingerprint density at radius 1 is 1.00 bits per heavy atom. The highest BCUT2D eigenvalue weighted by Gasteiger charge is 2.21. The first-order chi connectivity index (χ1) is 14.9. The van der Waals surface area contributed by atoms with Gasteiger partial charge in [0.05, 0.1) is 15.1 Å². The fraction of sp³-hybridized carbons (Fsp3) is 0.105. The van der Waals surface area contributed by atoms with E-state index in [1.54, 1.807) is 0 Å². The molecule has 31 heavy (non-hydrogen) atoms. The number of ether oxygens (including phenoxy) is 1. The molecule has 0 aliphatic carbocycles. The normalized spacial score (nSPS) is 11.1. The monoisotopic (exact) mass is 553 g/mol. The predicted molar refractivity (Wildman–Crippen MR) is 132 cm³/mol. The number of amides is 1. The average molecular weight is 556 g/mol. The summed E-state index contributed by atoms with van der Waals surface area (Å²) in [5.41, 5.74) is 1.12. The van der Waals surface area contributed by atoms with Crippen LogP contribution in [0.5, 0.6) is 5.75 Å². The van der Waals surface area contributed by atoms with Crippen LogP contribution in [-0.2, 0) is 4.79 Å².